The molecule has 5 nitrogen and oxygen atoms in total. The lowest BCUT2D eigenvalue weighted by Crippen LogP contribution is -2.05. The summed E-state index contributed by atoms with van der Waals surface area (Å²) in [5.74, 6) is 1.47. The minimum atomic E-state index is 0.237. The largest absolute Gasteiger partial charge is 0.368 e. The Balaban J connectivity index is 1.94. The van der Waals surface area contributed by atoms with Gasteiger partial charge in [-0.2, -0.15) is 9.97 Å². The number of nitrogen functional groups attached to an aromatic ring is 1. The van der Waals surface area contributed by atoms with Gasteiger partial charge in [0.15, 0.2) is 5.82 Å². The van der Waals surface area contributed by atoms with Gasteiger partial charge in [-0.15, -0.1) is 11.3 Å². The summed E-state index contributed by atoms with van der Waals surface area (Å²) < 4.78 is 0. The van der Waals surface area contributed by atoms with Gasteiger partial charge in [0.1, 0.15) is 5.82 Å². The van der Waals surface area contributed by atoms with Crippen LogP contribution in [0.2, 0.25) is 0 Å². The van der Waals surface area contributed by atoms with Crippen LogP contribution in [-0.2, 0) is 6.42 Å². The first-order valence-corrected chi connectivity index (χ1v) is 7.05. The molecule has 0 atom stereocenters. The number of nitrogens with two attached hydrogens (primary N) is 1. The quantitative estimate of drug-likeness (QED) is 0.799. The zero-order valence-electron chi connectivity index (χ0n) is 10.9. The number of aromatic nitrogens is 4. The molecule has 0 spiro atoms. The number of nitrogens with zero attached hydrogens (tertiary/aromatic N) is 4. The second kappa shape index (κ2) is 5.34. The second-order valence-electron chi connectivity index (χ2n) is 4.33. The molecule has 2 heterocycles. The number of aryl methyl sites for hydroxylation is 1. The standard InChI is InChI=1S/C14H13N5S/c1-9-16-11(8-20-9)7-12-17-13(19-14(15)18-12)10-5-3-2-4-6-10/h2-6,8H,7H2,1H3,(H2,15,17,18,19). The van der Waals surface area contributed by atoms with Gasteiger partial charge >= 0.3 is 0 Å². The molecule has 0 saturated carbocycles. The summed E-state index contributed by atoms with van der Waals surface area (Å²) in [6.45, 7) is 1.98. The molecule has 100 valence electrons. The van der Waals surface area contributed by atoms with Crippen molar-refractivity contribution >= 4 is 17.3 Å². The normalized spacial score (nSPS) is 10.7. The molecule has 0 saturated heterocycles. The highest BCUT2D eigenvalue weighted by Gasteiger charge is 2.08. The van der Waals surface area contributed by atoms with E-state index in [0.717, 1.165) is 16.3 Å². The van der Waals surface area contributed by atoms with Gasteiger partial charge in [-0.25, -0.2) is 9.97 Å². The van der Waals surface area contributed by atoms with E-state index in [1.165, 1.54) is 0 Å². The molecule has 2 N–H and O–H groups in total. The summed E-state index contributed by atoms with van der Waals surface area (Å²) in [4.78, 5) is 17.3. The maximum atomic E-state index is 5.78. The maximum Gasteiger partial charge on any atom is 0.223 e. The van der Waals surface area contributed by atoms with Crippen molar-refractivity contribution in [2.75, 3.05) is 5.73 Å². The first-order valence-electron chi connectivity index (χ1n) is 6.17. The molecule has 0 radical (unpaired) electrons. The summed E-state index contributed by atoms with van der Waals surface area (Å²) in [5.41, 5.74) is 7.66. The number of anilines is 1. The van der Waals surface area contributed by atoms with Gasteiger partial charge < -0.3 is 5.73 Å². The molecule has 0 aliphatic rings. The fraction of sp³-hybridized carbons (Fsp3) is 0.143. The van der Waals surface area contributed by atoms with E-state index in [-0.39, 0.29) is 5.95 Å². The third-order valence-corrected chi connectivity index (χ3v) is 3.56. The Labute approximate surface area is 120 Å². The predicted molar refractivity (Wildman–Crippen MR) is 79.3 cm³/mol. The van der Waals surface area contributed by atoms with E-state index < -0.39 is 0 Å². The highest BCUT2D eigenvalue weighted by Crippen LogP contribution is 2.16. The SMILES string of the molecule is Cc1nc(Cc2nc(N)nc(-c3ccccc3)n2)cs1. The predicted octanol–water partition coefficient (Wildman–Crippen LogP) is 2.48. The first kappa shape index (κ1) is 12.7. The highest BCUT2D eigenvalue weighted by atomic mass is 32.1. The van der Waals surface area contributed by atoms with Crippen molar-refractivity contribution in [1.82, 2.24) is 19.9 Å². The Morgan fingerprint density at radius 1 is 1.05 bits per heavy atom. The van der Waals surface area contributed by atoms with Gasteiger partial charge in [-0.05, 0) is 6.92 Å². The van der Waals surface area contributed by atoms with E-state index in [2.05, 4.69) is 19.9 Å². The van der Waals surface area contributed by atoms with Crippen LogP contribution in [0.1, 0.15) is 16.5 Å². The van der Waals surface area contributed by atoms with E-state index in [4.69, 9.17) is 5.73 Å². The van der Waals surface area contributed by atoms with Crippen molar-refractivity contribution in [2.24, 2.45) is 0 Å². The molecule has 0 aliphatic carbocycles. The molecular weight excluding hydrogens is 270 g/mol. The van der Waals surface area contributed by atoms with Crippen LogP contribution in [0.3, 0.4) is 0 Å². The van der Waals surface area contributed by atoms with Crippen LogP contribution >= 0.6 is 11.3 Å². The summed E-state index contributed by atoms with van der Waals surface area (Å²) in [7, 11) is 0. The minimum absolute atomic E-state index is 0.237. The van der Waals surface area contributed by atoms with E-state index >= 15 is 0 Å². The zero-order valence-corrected chi connectivity index (χ0v) is 11.8. The minimum Gasteiger partial charge on any atom is -0.368 e. The Kier molecular flexibility index (Phi) is 3.39. The molecule has 0 amide bonds. The molecule has 0 aliphatic heterocycles. The molecule has 6 heteroatoms. The van der Waals surface area contributed by atoms with Gasteiger partial charge in [-0.3, -0.25) is 0 Å². The summed E-state index contributed by atoms with van der Waals surface area (Å²) >= 11 is 1.61. The molecule has 3 rings (SSSR count). The number of rotatable bonds is 3. The lowest BCUT2D eigenvalue weighted by Gasteiger charge is -2.04. The molecule has 0 bridgehead atoms. The van der Waals surface area contributed by atoms with Crippen LogP contribution in [-0.4, -0.2) is 19.9 Å². The van der Waals surface area contributed by atoms with Crippen molar-refractivity contribution in [3.63, 3.8) is 0 Å². The van der Waals surface area contributed by atoms with Crippen molar-refractivity contribution < 1.29 is 0 Å². The van der Waals surface area contributed by atoms with Crippen molar-refractivity contribution in [1.29, 1.82) is 0 Å². The maximum absolute atomic E-state index is 5.78. The monoisotopic (exact) mass is 283 g/mol. The topological polar surface area (TPSA) is 77.6 Å². The summed E-state index contributed by atoms with van der Waals surface area (Å²) in [6.07, 6.45) is 0.566. The van der Waals surface area contributed by atoms with E-state index in [9.17, 15) is 0 Å². The van der Waals surface area contributed by atoms with E-state index in [0.29, 0.717) is 18.1 Å². The Morgan fingerprint density at radius 3 is 2.55 bits per heavy atom. The van der Waals surface area contributed by atoms with Crippen LogP contribution in [0.5, 0.6) is 0 Å². The molecule has 3 aromatic rings. The van der Waals surface area contributed by atoms with Gasteiger partial charge in [0.05, 0.1) is 17.1 Å². The van der Waals surface area contributed by atoms with Crippen LogP contribution in [0.25, 0.3) is 11.4 Å². The lowest BCUT2D eigenvalue weighted by atomic mass is 10.2. The lowest BCUT2D eigenvalue weighted by molar-refractivity contribution is 0.916. The molecule has 0 unspecified atom stereocenters. The Hall–Kier alpha value is -2.34. The number of benzene rings is 1. The molecule has 0 fully saturated rings. The second-order valence-corrected chi connectivity index (χ2v) is 5.40. The zero-order chi connectivity index (χ0) is 13.9. The molecular formula is C14H13N5S. The number of hydrogen-bond acceptors (Lipinski definition) is 6. The number of thiazole rings is 1. The van der Waals surface area contributed by atoms with Crippen molar-refractivity contribution in [2.45, 2.75) is 13.3 Å². The van der Waals surface area contributed by atoms with Crippen molar-refractivity contribution in [3.8, 4) is 11.4 Å². The van der Waals surface area contributed by atoms with E-state index in [1.54, 1.807) is 11.3 Å². The third-order valence-electron chi connectivity index (χ3n) is 2.74. The van der Waals surface area contributed by atoms with Gasteiger partial charge in [-0.1, -0.05) is 30.3 Å². The Bertz CT molecular complexity index is 723. The smallest absolute Gasteiger partial charge is 0.223 e. The van der Waals surface area contributed by atoms with E-state index in [1.807, 2.05) is 42.6 Å². The van der Waals surface area contributed by atoms with Crippen LogP contribution in [0.15, 0.2) is 35.7 Å². The van der Waals surface area contributed by atoms with Gasteiger partial charge in [0.25, 0.3) is 0 Å². The average Bonchev–Trinajstić information content (AvgIpc) is 2.84. The molecule has 1 aromatic carbocycles. The molecule has 20 heavy (non-hydrogen) atoms. The summed E-state index contributed by atoms with van der Waals surface area (Å²) in [5, 5.41) is 3.04. The molecule has 2 aromatic heterocycles. The fourth-order valence-electron chi connectivity index (χ4n) is 1.88. The van der Waals surface area contributed by atoms with Crippen molar-refractivity contribution in [3.05, 3.63) is 52.2 Å². The van der Waals surface area contributed by atoms with Crippen LogP contribution in [0, 0.1) is 6.92 Å². The van der Waals surface area contributed by atoms with Crippen LogP contribution in [0.4, 0.5) is 5.95 Å². The third kappa shape index (κ3) is 2.80. The van der Waals surface area contributed by atoms with Gasteiger partial charge in [0, 0.05) is 10.9 Å². The first-order chi connectivity index (χ1) is 9.70. The average molecular weight is 283 g/mol. The highest BCUT2D eigenvalue weighted by molar-refractivity contribution is 7.09. The van der Waals surface area contributed by atoms with Gasteiger partial charge in [0.2, 0.25) is 5.95 Å². The fourth-order valence-corrected chi connectivity index (χ4v) is 2.50. The Morgan fingerprint density at radius 2 is 1.85 bits per heavy atom. The number of hydrogen-bond donors (Lipinski definition) is 1. The van der Waals surface area contributed by atoms with Crippen LogP contribution < -0.4 is 5.73 Å². The summed E-state index contributed by atoms with van der Waals surface area (Å²) in [6, 6.07) is 9.74.